The number of piperidine rings is 1. The van der Waals surface area contributed by atoms with Crippen LogP contribution in [0.2, 0.25) is 0 Å². The van der Waals surface area contributed by atoms with E-state index >= 15 is 0 Å². The van der Waals surface area contributed by atoms with Crippen molar-refractivity contribution in [2.45, 2.75) is 51.5 Å². The Labute approximate surface area is 128 Å². The highest BCUT2D eigenvalue weighted by Gasteiger charge is 2.34. The average molecular weight is 310 g/mol. The van der Waals surface area contributed by atoms with Crippen LogP contribution in [0.3, 0.4) is 0 Å². The zero-order chi connectivity index (χ0) is 15.8. The molecule has 0 spiro atoms. The summed E-state index contributed by atoms with van der Waals surface area (Å²) >= 11 is 0. The molecule has 1 heterocycles. The minimum absolute atomic E-state index is 0.0709. The van der Waals surface area contributed by atoms with Crippen molar-refractivity contribution < 1.29 is 8.42 Å². The minimum Gasteiger partial charge on any atom is -0.388 e. The molecule has 2 atom stereocenters. The zero-order valence-corrected chi connectivity index (χ0v) is 14.4. The number of anilines is 1. The fraction of sp³-hybridized carbons (Fsp3) is 0.625. The van der Waals surface area contributed by atoms with Crippen LogP contribution >= 0.6 is 0 Å². The van der Waals surface area contributed by atoms with Crippen molar-refractivity contribution >= 4 is 15.7 Å². The lowest BCUT2D eigenvalue weighted by atomic mass is 9.95. The molecule has 0 amide bonds. The van der Waals surface area contributed by atoms with Gasteiger partial charge in [0.25, 0.3) is 0 Å². The normalized spacial score (nSPS) is 24.0. The van der Waals surface area contributed by atoms with Gasteiger partial charge in [-0.25, -0.2) is 8.42 Å². The summed E-state index contributed by atoms with van der Waals surface area (Å²) in [6, 6.07) is 3.87. The molecular weight excluding hydrogens is 284 g/mol. The van der Waals surface area contributed by atoms with E-state index < -0.39 is 10.0 Å². The molecular formula is C16H26N2O2S. The molecule has 0 radical (unpaired) electrons. The Morgan fingerprint density at radius 2 is 1.76 bits per heavy atom. The van der Waals surface area contributed by atoms with Gasteiger partial charge in [0.15, 0.2) is 0 Å². The van der Waals surface area contributed by atoms with Crippen molar-refractivity contribution in [2.24, 2.45) is 5.92 Å². The molecule has 1 aliphatic heterocycles. The van der Waals surface area contributed by atoms with Gasteiger partial charge in [-0.1, -0.05) is 6.92 Å². The molecule has 1 fully saturated rings. The van der Waals surface area contributed by atoms with Gasteiger partial charge in [0.05, 0.1) is 4.90 Å². The molecule has 0 bridgehead atoms. The fourth-order valence-electron chi connectivity index (χ4n) is 3.36. The van der Waals surface area contributed by atoms with Crippen LogP contribution in [-0.2, 0) is 10.0 Å². The number of benzene rings is 1. The van der Waals surface area contributed by atoms with Crippen LogP contribution in [0.25, 0.3) is 0 Å². The maximum atomic E-state index is 13.1. The lowest BCUT2D eigenvalue weighted by molar-refractivity contribution is 0.220. The SMILES string of the molecule is CNc1cc(C)c(S(=O)(=O)N2CCC(C)CC2C)c(C)c1. The maximum absolute atomic E-state index is 13.1. The van der Waals surface area contributed by atoms with E-state index in [-0.39, 0.29) is 6.04 Å². The smallest absolute Gasteiger partial charge is 0.243 e. The molecule has 2 rings (SSSR count). The second-order valence-corrected chi connectivity index (χ2v) is 8.11. The second-order valence-electron chi connectivity index (χ2n) is 6.28. The zero-order valence-electron chi connectivity index (χ0n) is 13.6. The van der Waals surface area contributed by atoms with Gasteiger partial charge in [-0.15, -0.1) is 0 Å². The summed E-state index contributed by atoms with van der Waals surface area (Å²) in [6.45, 7) is 8.58. The summed E-state index contributed by atoms with van der Waals surface area (Å²) in [5.74, 6) is 0.598. The molecule has 5 heteroatoms. The monoisotopic (exact) mass is 310 g/mol. The Morgan fingerprint density at radius 3 is 2.24 bits per heavy atom. The van der Waals surface area contributed by atoms with E-state index in [9.17, 15) is 8.42 Å². The number of nitrogens with one attached hydrogen (secondary N) is 1. The summed E-state index contributed by atoms with van der Waals surface area (Å²) in [6.07, 6.45) is 1.88. The van der Waals surface area contributed by atoms with Gasteiger partial charge in [0, 0.05) is 25.3 Å². The minimum atomic E-state index is -3.42. The van der Waals surface area contributed by atoms with Crippen molar-refractivity contribution in [3.63, 3.8) is 0 Å². The maximum Gasteiger partial charge on any atom is 0.243 e. The molecule has 4 nitrogen and oxygen atoms in total. The van der Waals surface area contributed by atoms with Gasteiger partial charge >= 0.3 is 0 Å². The first-order valence-electron chi connectivity index (χ1n) is 7.58. The average Bonchev–Trinajstić information content (AvgIpc) is 2.36. The number of nitrogens with zero attached hydrogens (tertiary/aromatic N) is 1. The van der Waals surface area contributed by atoms with E-state index in [0.29, 0.717) is 17.4 Å². The molecule has 1 aliphatic rings. The van der Waals surface area contributed by atoms with Crippen molar-refractivity contribution in [1.29, 1.82) is 0 Å². The summed E-state index contributed by atoms with van der Waals surface area (Å²) in [4.78, 5) is 0.475. The standard InChI is InChI=1S/C16H26N2O2S/c1-11-6-7-18(14(4)8-11)21(19,20)16-12(2)9-15(17-5)10-13(16)3/h9-11,14,17H,6-8H2,1-5H3. The highest BCUT2D eigenvalue weighted by Crippen LogP contribution is 2.32. The summed E-state index contributed by atoms with van der Waals surface area (Å²) in [7, 11) is -1.57. The van der Waals surface area contributed by atoms with Crippen LogP contribution in [0, 0.1) is 19.8 Å². The number of sulfonamides is 1. The van der Waals surface area contributed by atoms with E-state index in [0.717, 1.165) is 29.7 Å². The van der Waals surface area contributed by atoms with Crippen LogP contribution in [0.5, 0.6) is 0 Å². The quantitative estimate of drug-likeness (QED) is 0.933. The van der Waals surface area contributed by atoms with E-state index in [2.05, 4.69) is 12.2 Å². The number of hydrogen-bond acceptors (Lipinski definition) is 3. The fourth-order valence-corrected chi connectivity index (χ4v) is 5.43. The molecule has 1 saturated heterocycles. The van der Waals surface area contributed by atoms with Gasteiger partial charge in [-0.05, 0) is 62.8 Å². The molecule has 1 N–H and O–H groups in total. The van der Waals surface area contributed by atoms with Crippen molar-refractivity contribution in [3.05, 3.63) is 23.3 Å². The van der Waals surface area contributed by atoms with Crippen LogP contribution in [0.1, 0.15) is 37.8 Å². The number of hydrogen-bond donors (Lipinski definition) is 1. The Hall–Kier alpha value is -1.07. The summed E-state index contributed by atoms with van der Waals surface area (Å²) in [5.41, 5.74) is 2.57. The van der Waals surface area contributed by atoms with Crippen molar-refractivity contribution in [3.8, 4) is 0 Å². The van der Waals surface area contributed by atoms with Crippen molar-refractivity contribution in [2.75, 3.05) is 18.9 Å². The van der Waals surface area contributed by atoms with E-state index in [1.54, 1.807) is 4.31 Å². The summed E-state index contributed by atoms with van der Waals surface area (Å²) in [5, 5.41) is 3.07. The van der Waals surface area contributed by atoms with Gasteiger partial charge in [0.2, 0.25) is 10.0 Å². The number of aryl methyl sites for hydroxylation is 2. The molecule has 1 aromatic rings. The molecule has 21 heavy (non-hydrogen) atoms. The third-order valence-corrected chi connectivity index (χ3v) is 6.71. The van der Waals surface area contributed by atoms with Gasteiger partial charge < -0.3 is 5.32 Å². The molecule has 0 aromatic heterocycles. The molecule has 118 valence electrons. The second kappa shape index (κ2) is 5.97. The highest BCUT2D eigenvalue weighted by atomic mass is 32.2. The molecule has 0 saturated carbocycles. The van der Waals surface area contributed by atoms with Gasteiger partial charge in [-0.2, -0.15) is 4.31 Å². The Morgan fingerprint density at radius 1 is 1.19 bits per heavy atom. The van der Waals surface area contributed by atoms with Gasteiger partial charge in [0.1, 0.15) is 0 Å². The predicted molar refractivity (Wildman–Crippen MR) is 87.2 cm³/mol. The molecule has 0 aliphatic carbocycles. The van der Waals surface area contributed by atoms with E-state index in [1.165, 1.54) is 0 Å². The van der Waals surface area contributed by atoms with Crippen LogP contribution < -0.4 is 5.32 Å². The topological polar surface area (TPSA) is 49.4 Å². The third kappa shape index (κ3) is 3.09. The first kappa shape index (κ1) is 16.3. The highest BCUT2D eigenvalue weighted by molar-refractivity contribution is 7.89. The molecule has 2 unspecified atom stereocenters. The Kier molecular flexibility index (Phi) is 4.63. The lowest BCUT2D eigenvalue weighted by Gasteiger charge is -2.36. The Balaban J connectivity index is 2.45. The van der Waals surface area contributed by atoms with Gasteiger partial charge in [-0.3, -0.25) is 0 Å². The first-order valence-corrected chi connectivity index (χ1v) is 9.02. The number of rotatable bonds is 3. The van der Waals surface area contributed by atoms with Crippen LogP contribution in [0.4, 0.5) is 5.69 Å². The first-order chi connectivity index (χ1) is 9.77. The van der Waals surface area contributed by atoms with Crippen LogP contribution in [0.15, 0.2) is 17.0 Å². The van der Waals surface area contributed by atoms with E-state index in [4.69, 9.17) is 0 Å². The lowest BCUT2D eigenvalue weighted by Crippen LogP contribution is -2.44. The Bertz CT molecular complexity index is 602. The largest absolute Gasteiger partial charge is 0.388 e. The molecule has 1 aromatic carbocycles. The van der Waals surface area contributed by atoms with Crippen molar-refractivity contribution in [1.82, 2.24) is 4.31 Å². The predicted octanol–water partition coefficient (Wildman–Crippen LogP) is 3.15. The van der Waals surface area contributed by atoms with E-state index in [1.807, 2.05) is 40.0 Å². The third-order valence-electron chi connectivity index (χ3n) is 4.39. The summed E-state index contributed by atoms with van der Waals surface area (Å²) < 4.78 is 27.8. The van der Waals surface area contributed by atoms with Crippen LogP contribution in [-0.4, -0.2) is 32.4 Å².